The van der Waals surface area contributed by atoms with Crippen molar-refractivity contribution >= 4 is 17.4 Å². The standard InChI is InChI=1S/C14H16N4O/c1-9(19)18-6-5-10-3-4-11(7-13(10)18)12-8-14(15)17(2)16-12/h3-4,7-8H,5-6,15H2,1-2H3. The van der Waals surface area contributed by atoms with Crippen LogP contribution in [-0.2, 0) is 18.3 Å². The number of fused-ring (bicyclic) bond motifs is 1. The van der Waals surface area contributed by atoms with E-state index in [4.69, 9.17) is 5.73 Å². The first-order chi connectivity index (χ1) is 9.06. The highest BCUT2D eigenvalue weighted by atomic mass is 16.2. The van der Waals surface area contributed by atoms with Crippen molar-refractivity contribution in [2.24, 2.45) is 7.05 Å². The number of anilines is 2. The van der Waals surface area contributed by atoms with E-state index in [1.54, 1.807) is 11.6 Å². The molecule has 0 aliphatic carbocycles. The average molecular weight is 256 g/mol. The van der Waals surface area contributed by atoms with Crippen molar-refractivity contribution in [1.29, 1.82) is 0 Å². The molecule has 2 heterocycles. The Hall–Kier alpha value is -2.30. The highest BCUT2D eigenvalue weighted by molar-refractivity contribution is 5.94. The molecule has 0 atom stereocenters. The predicted octanol–water partition coefficient (Wildman–Crippen LogP) is 1.58. The monoisotopic (exact) mass is 256 g/mol. The number of hydrogen-bond acceptors (Lipinski definition) is 3. The second kappa shape index (κ2) is 4.12. The lowest BCUT2D eigenvalue weighted by Crippen LogP contribution is -2.25. The largest absolute Gasteiger partial charge is 0.384 e. The van der Waals surface area contributed by atoms with Gasteiger partial charge in [0.15, 0.2) is 0 Å². The van der Waals surface area contributed by atoms with E-state index in [-0.39, 0.29) is 5.91 Å². The van der Waals surface area contributed by atoms with E-state index in [9.17, 15) is 4.79 Å². The number of benzene rings is 1. The van der Waals surface area contributed by atoms with Crippen molar-refractivity contribution in [3.05, 3.63) is 29.8 Å². The van der Waals surface area contributed by atoms with Crippen LogP contribution in [0.15, 0.2) is 24.3 Å². The van der Waals surface area contributed by atoms with Gasteiger partial charge in [0, 0.05) is 37.8 Å². The van der Waals surface area contributed by atoms with Crippen molar-refractivity contribution in [3.8, 4) is 11.3 Å². The van der Waals surface area contributed by atoms with Crippen LogP contribution in [0.1, 0.15) is 12.5 Å². The van der Waals surface area contributed by atoms with Gasteiger partial charge < -0.3 is 10.6 Å². The minimum absolute atomic E-state index is 0.0800. The summed E-state index contributed by atoms with van der Waals surface area (Å²) in [6.45, 7) is 2.36. The van der Waals surface area contributed by atoms with Crippen molar-refractivity contribution < 1.29 is 4.79 Å². The maximum atomic E-state index is 11.6. The SMILES string of the molecule is CC(=O)N1CCc2ccc(-c3cc(N)n(C)n3)cc21. The Kier molecular flexibility index (Phi) is 2.55. The van der Waals surface area contributed by atoms with Crippen LogP contribution in [0.4, 0.5) is 11.5 Å². The van der Waals surface area contributed by atoms with Gasteiger partial charge in [-0.05, 0) is 18.1 Å². The Balaban J connectivity index is 2.06. The van der Waals surface area contributed by atoms with E-state index in [0.29, 0.717) is 5.82 Å². The first kappa shape index (κ1) is 11.8. The zero-order valence-corrected chi connectivity index (χ0v) is 11.1. The Bertz CT molecular complexity index is 640. The molecule has 0 bridgehead atoms. The molecule has 0 fully saturated rings. The number of nitrogens with two attached hydrogens (primary N) is 1. The lowest BCUT2D eigenvalue weighted by molar-refractivity contribution is -0.116. The van der Waals surface area contributed by atoms with Crippen LogP contribution >= 0.6 is 0 Å². The molecule has 19 heavy (non-hydrogen) atoms. The maximum absolute atomic E-state index is 11.6. The van der Waals surface area contributed by atoms with Gasteiger partial charge in [-0.15, -0.1) is 0 Å². The zero-order valence-electron chi connectivity index (χ0n) is 11.1. The quantitative estimate of drug-likeness (QED) is 0.842. The van der Waals surface area contributed by atoms with Gasteiger partial charge in [-0.3, -0.25) is 9.48 Å². The Morgan fingerprint density at radius 2 is 2.16 bits per heavy atom. The zero-order chi connectivity index (χ0) is 13.6. The Labute approximate surface area is 111 Å². The number of amides is 1. The van der Waals surface area contributed by atoms with Crippen LogP contribution in [0.25, 0.3) is 11.3 Å². The van der Waals surface area contributed by atoms with Crippen molar-refractivity contribution in [2.45, 2.75) is 13.3 Å². The normalized spacial score (nSPS) is 13.7. The van der Waals surface area contributed by atoms with Crippen LogP contribution < -0.4 is 10.6 Å². The fourth-order valence-corrected chi connectivity index (χ4v) is 2.49. The molecule has 0 unspecified atom stereocenters. The molecule has 1 aliphatic rings. The summed E-state index contributed by atoms with van der Waals surface area (Å²) >= 11 is 0. The summed E-state index contributed by atoms with van der Waals surface area (Å²) in [5, 5.41) is 4.36. The number of rotatable bonds is 1. The maximum Gasteiger partial charge on any atom is 0.223 e. The Morgan fingerprint density at radius 3 is 2.79 bits per heavy atom. The molecule has 2 aromatic rings. The van der Waals surface area contributed by atoms with E-state index in [2.05, 4.69) is 11.2 Å². The molecule has 1 amide bonds. The van der Waals surface area contributed by atoms with Gasteiger partial charge in [-0.1, -0.05) is 12.1 Å². The lowest BCUT2D eigenvalue weighted by Gasteiger charge is -2.15. The lowest BCUT2D eigenvalue weighted by atomic mass is 10.1. The summed E-state index contributed by atoms with van der Waals surface area (Å²) in [5.74, 6) is 0.704. The van der Waals surface area contributed by atoms with E-state index in [1.165, 1.54) is 5.56 Å². The smallest absolute Gasteiger partial charge is 0.223 e. The van der Waals surface area contributed by atoms with Crippen molar-refractivity contribution in [2.75, 3.05) is 17.2 Å². The molecule has 0 saturated heterocycles. The number of nitrogens with zero attached hydrogens (tertiary/aromatic N) is 3. The molecule has 1 aromatic carbocycles. The van der Waals surface area contributed by atoms with Gasteiger partial charge >= 0.3 is 0 Å². The highest BCUT2D eigenvalue weighted by Crippen LogP contribution is 2.32. The molecular weight excluding hydrogens is 240 g/mol. The summed E-state index contributed by atoms with van der Waals surface area (Å²) in [6, 6.07) is 7.96. The first-order valence-electron chi connectivity index (χ1n) is 6.27. The molecule has 5 heteroatoms. The number of hydrogen-bond donors (Lipinski definition) is 1. The van der Waals surface area contributed by atoms with Crippen LogP contribution in [0.3, 0.4) is 0 Å². The molecule has 0 radical (unpaired) electrons. The van der Waals surface area contributed by atoms with Crippen LogP contribution in [-0.4, -0.2) is 22.2 Å². The molecule has 1 aliphatic heterocycles. The Morgan fingerprint density at radius 1 is 1.37 bits per heavy atom. The van der Waals surface area contributed by atoms with E-state index in [1.807, 2.05) is 30.1 Å². The van der Waals surface area contributed by atoms with Crippen molar-refractivity contribution in [3.63, 3.8) is 0 Å². The van der Waals surface area contributed by atoms with E-state index in [0.717, 1.165) is 29.9 Å². The first-order valence-corrected chi connectivity index (χ1v) is 6.27. The average Bonchev–Trinajstić information content (AvgIpc) is 2.93. The van der Waals surface area contributed by atoms with Crippen LogP contribution in [0.2, 0.25) is 0 Å². The molecule has 2 N–H and O–H groups in total. The molecular formula is C14H16N4O. The molecule has 98 valence electrons. The summed E-state index contributed by atoms with van der Waals surface area (Å²) < 4.78 is 1.64. The number of aryl methyl sites for hydroxylation is 1. The van der Waals surface area contributed by atoms with Crippen LogP contribution in [0.5, 0.6) is 0 Å². The van der Waals surface area contributed by atoms with Gasteiger partial charge in [0.2, 0.25) is 5.91 Å². The summed E-state index contributed by atoms with van der Waals surface area (Å²) in [6.07, 6.45) is 0.916. The fourth-order valence-electron chi connectivity index (χ4n) is 2.49. The third-order valence-electron chi connectivity index (χ3n) is 3.57. The second-order valence-corrected chi connectivity index (χ2v) is 4.84. The summed E-state index contributed by atoms with van der Waals surface area (Å²) in [4.78, 5) is 13.4. The van der Waals surface area contributed by atoms with Gasteiger partial charge in [0.1, 0.15) is 5.82 Å². The molecule has 5 nitrogen and oxygen atoms in total. The highest BCUT2D eigenvalue weighted by Gasteiger charge is 2.22. The van der Waals surface area contributed by atoms with Gasteiger partial charge in [-0.2, -0.15) is 5.10 Å². The van der Waals surface area contributed by atoms with E-state index < -0.39 is 0 Å². The molecule has 0 saturated carbocycles. The topological polar surface area (TPSA) is 64.2 Å². The number of carbonyl (C=O) groups excluding carboxylic acids is 1. The van der Waals surface area contributed by atoms with Gasteiger partial charge in [-0.25, -0.2) is 0 Å². The van der Waals surface area contributed by atoms with Crippen LogP contribution in [0, 0.1) is 0 Å². The second-order valence-electron chi connectivity index (χ2n) is 4.84. The fraction of sp³-hybridized carbons (Fsp3) is 0.286. The minimum atomic E-state index is 0.0800. The molecule has 3 rings (SSSR count). The molecule has 0 spiro atoms. The van der Waals surface area contributed by atoms with Crippen molar-refractivity contribution in [1.82, 2.24) is 9.78 Å². The minimum Gasteiger partial charge on any atom is -0.384 e. The summed E-state index contributed by atoms with van der Waals surface area (Å²) in [7, 11) is 1.81. The number of carbonyl (C=O) groups is 1. The van der Waals surface area contributed by atoms with Gasteiger partial charge in [0.05, 0.1) is 5.69 Å². The third-order valence-corrected chi connectivity index (χ3v) is 3.57. The number of nitrogen functional groups attached to an aromatic ring is 1. The third kappa shape index (κ3) is 1.87. The van der Waals surface area contributed by atoms with E-state index >= 15 is 0 Å². The summed E-state index contributed by atoms with van der Waals surface area (Å²) in [5.41, 5.74) is 9.82. The molecule has 1 aromatic heterocycles. The predicted molar refractivity (Wildman–Crippen MR) is 74.8 cm³/mol. The van der Waals surface area contributed by atoms with Gasteiger partial charge in [0.25, 0.3) is 0 Å². The number of aromatic nitrogens is 2.